The van der Waals surface area contributed by atoms with Crippen LogP contribution >= 0.6 is 31.6 Å². The maximum atomic E-state index is 13.3. The first-order valence-electron chi connectivity index (χ1n) is 6.69. The number of nitrogens with zero attached hydrogens (tertiary/aromatic N) is 1. The molecule has 0 spiro atoms. The van der Waals surface area contributed by atoms with E-state index in [9.17, 15) is 26.9 Å². The highest BCUT2D eigenvalue weighted by Gasteiger charge is 2.39. The van der Waals surface area contributed by atoms with E-state index >= 15 is 0 Å². The summed E-state index contributed by atoms with van der Waals surface area (Å²) in [6.45, 7) is 0.792. The molecule has 1 fully saturated rings. The number of carbonyl (C=O) groups is 1. The summed E-state index contributed by atoms with van der Waals surface area (Å²) in [6, 6.07) is 4.47. The van der Waals surface area contributed by atoms with Gasteiger partial charge in [-0.25, -0.2) is 4.39 Å². The molecule has 1 aliphatic rings. The van der Waals surface area contributed by atoms with E-state index in [1.54, 1.807) is 0 Å². The van der Waals surface area contributed by atoms with E-state index in [1.165, 1.54) is 12.1 Å². The molecule has 0 aliphatic carbocycles. The Kier molecular flexibility index (Phi) is 6.09. The van der Waals surface area contributed by atoms with Crippen LogP contribution in [0, 0.1) is 5.82 Å². The third kappa shape index (κ3) is 5.49. The van der Waals surface area contributed by atoms with Gasteiger partial charge in [-0.2, -0.15) is 22.9 Å². The van der Waals surface area contributed by atoms with Crippen LogP contribution < -0.4 is 0 Å². The van der Waals surface area contributed by atoms with Gasteiger partial charge >= 0.3 is 13.8 Å². The molecule has 1 aromatic rings. The monoisotopic (exact) mass is 427 g/mol. The quantitative estimate of drug-likeness (QED) is 0.335. The number of amides is 1. The van der Waals surface area contributed by atoms with Gasteiger partial charge in [-0.1, -0.05) is 23.9 Å². The normalized spacial score (nSPS) is 20.0. The summed E-state index contributed by atoms with van der Waals surface area (Å²) in [5, 5.41) is 0.294. The fourth-order valence-electron chi connectivity index (χ4n) is 1.80. The van der Waals surface area contributed by atoms with Crippen molar-refractivity contribution in [1.82, 2.24) is 5.06 Å². The predicted octanol–water partition coefficient (Wildman–Crippen LogP) is 4.26. The number of rotatable bonds is 4. The predicted molar refractivity (Wildman–Crippen MR) is 92.4 cm³/mol. The van der Waals surface area contributed by atoms with Crippen LogP contribution in [0.15, 0.2) is 40.8 Å². The van der Waals surface area contributed by atoms with Crippen molar-refractivity contribution < 1.29 is 36.4 Å². The molecule has 1 heterocycles. The number of halogens is 4. The van der Waals surface area contributed by atoms with Crippen molar-refractivity contribution in [3.05, 3.63) is 52.2 Å². The lowest BCUT2D eigenvalue weighted by Gasteiger charge is -2.15. The summed E-state index contributed by atoms with van der Waals surface area (Å²) >= 11 is 5.25. The lowest BCUT2D eigenvalue weighted by molar-refractivity contribution is -0.138. The molecule has 1 amide bonds. The molecule has 0 saturated carbocycles. The zero-order valence-electron chi connectivity index (χ0n) is 12.9. The third-order valence-corrected chi connectivity index (χ3v) is 4.51. The number of thiocarbonyl (C=S) groups is 1. The number of benzene rings is 1. The van der Waals surface area contributed by atoms with Crippen molar-refractivity contribution in [3.63, 3.8) is 0 Å². The number of carbonyl (C=O) groups excluding carboxylic acids is 1. The van der Waals surface area contributed by atoms with Crippen LogP contribution in [0.2, 0.25) is 0 Å². The average molecular weight is 427 g/mol. The fourth-order valence-corrected chi connectivity index (χ4v) is 3.50. The molecular formula is C14H10F4NO4PS2. The molecule has 1 saturated heterocycles. The SMILES string of the molecule is CP(=O)(O)ON1C(=O)/C(=C/C(=C/c2cccc(F)c2)C(F)(F)F)SC1=S. The lowest BCUT2D eigenvalue weighted by Crippen LogP contribution is -2.27. The van der Waals surface area contributed by atoms with E-state index in [1.807, 2.05) is 0 Å². The molecule has 12 heteroatoms. The molecular weight excluding hydrogens is 417 g/mol. The van der Waals surface area contributed by atoms with Gasteiger partial charge in [0.05, 0.1) is 10.5 Å². The summed E-state index contributed by atoms with van der Waals surface area (Å²) < 4.78 is 68.4. The average Bonchev–Trinajstić information content (AvgIpc) is 2.72. The van der Waals surface area contributed by atoms with Crippen molar-refractivity contribution in [2.45, 2.75) is 6.18 Å². The first-order chi connectivity index (χ1) is 11.9. The van der Waals surface area contributed by atoms with Gasteiger partial charge in [0.15, 0.2) is 4.32 Å². The Labute approximate surface area is 154 Å². The second-order valence-corrected chi connectivity index (χ2v) is 8.46. The van der Waals surface area contributed by atoms with Crippen molar-refractivity contribution in [2.24, 2.45) is 0 Å². The van der Waals surface area contributed by atoms with Gasteiger partial charge in [-0.15, -0.1) is 0 Å². The fraction of sp³-hybridized carbons (Fsp3) is 0.143. The number of hydrogen-bond donors (Lipinski definition) is 1. The molecule has 1 aliphatic heterocycles. The molecule has 2 rings (SSSR count). The summed E-state index contributed by atoms with van der Waals surface area (Å²) in [6.07, 6.45) is -3.66. The van der Waals surface area contributed by atoms with Crippen LogP contribution in [-0.2, 0) is 14.0 Å². The van der Waals surface area contributed by atoms with Crippen LogP contribution in [-0.4, -0.2) is 33.0 Å². The molecule has 1 atom stereocenters. The number of hydroxylamine groups is 2. The summed E-state index contributed by atoms with van der Waals surface area (Å²) in [4.78, 5) is 20.8. The van der Waals surface area contributed by atoms with Crippen molar-refractivity contribution in [2.75, 3.05) is 6.66 Å². The van der Waals surface area contributed by atoms with Crippen molar-refractivity contribution >= 4 is 47.9 Å². The Morgan fingerprint density at radius 2 is 2.08 bits per heavy atom. The summed E-state index contributed by atoms with van der Waals surface area (Å²) in [7, 11) is -4.14. The number of allylic oxidation sites excluding steroid dienone is 2. The van der Waals surface area contributed by atoms with Crippen LogP contribution in [0.25, 0.3) is 6.08 Å². The van der Waals surface area contributed by atoms with Gasteiger partial charge in [0.1, 0.15) is 5.82 Å². The van der Waals surface area contributed by atoms with E-state index in [0.717, 1.165) is 18.8 Å². The summed E-state index contributed by atoms with van der Waals surface area (Å²) in [5.41, 5.74) is -1.29. The molecule has 1 N–H and O–H groups in total. The molecule has 0 bridgehead atoms. The van der Waals surface area contributed by atoms with Gasteiger partial charge in [0.25, 0.3) is 5.91 Å². The molecule has 0 aromatic heterocycles. The van der Waals surface area contributed by atoms with E-state index in [-0.39, 0.29) is 9.88 Å². The van der Waals surface area contributed by atoms with Crippen molar-refractivity contribution in [1.29, 1.82) is 0 Å². The number of hydrogen-bond acceptors (Lipinski definition) is 5. The maximum Gasteiger partial charge on any atom is 0.416 e. The van der Waals surface area contributed by atoms with E-state index in [2.05, 4.69) is 4.62 Å². The highest BCUT2D eigenvalue weighted by molar-refractivity contribution is 8.26. The minimum atomic E-state index is -4.84. The van der Waals surface area contributed by atoms with E-state index in [4.69, 9.17) is 17.1 Å². The van der Waals surface area contributed by atoms with Gasteiger partial charge in [-0.3, -0.25) is 9.36 Å². The second-order valence-electron chi connectivity index (χ2n) is 5.01. The Balaban J connectivity index is 2.41. The van der Waals surface area contributed by atoms with Gasteiger partial charge in [0.2, 0.25) is 0 Å². The first kappa shape index (κ1) is 20.8. The van der Waals surface area contributed by atoms with E-state index in [0.29, 0.717) is 29.0 Å². The molecule has 5 nitrogen and oxygen atoms in total. The van der Waals surface area contributed by atoms with Crippen LogP contribution in [0.1, 0.15) is 5.56 Å². The Morgan fingerprint density at radius 3 is 2.62 bits per heavy atom. The van der Waals surface area contributed by atoms with Crippen LogP contribution in [0.3, 0.4) is 0 Å². The number of alkyl halides is 3. The standard InChI is InChI=1S/C14H10F4NO4PS2/c1-24(21,22)23-19-12(20)11(26-13(19)25)7-9(14(16,17)18)5-8-3-2-4-10(15)6-8/h2-7H,1H3,(H,21,22)/b9-5-,11-7-. The highest BCUT2D eigenvalue weighted by Crippen LogP contribution is 2.43. The lowest BCUT2D eigenvalue weighted by atomic mass is 10.1. The zero-order valence-corrected chi connectivity index (χ0v) is 15.4. The highest BCUT2D eigenvalue weighted by atomic mass is 32.2. The third-order valence-electron chi connectivity index (χ3n) is 2.78. The smallest absolute Gasteiger partial charge is 0.323 e. The van der Waals surface area contributed by atoms with Crippen LogP contribution in [0.4, 0.5) is 17.6 Å². The minimum Gasteiger partial charge on any atom is -0.323 e. The Hall–Kier alpha value is -1.52. The second kappa shape index (κ2) is 7.61. The number of thioether (sulfide) groups is 1. The van der Waals surface area contributed by atoms with Gasteiger partial charge < -0.3 is 4.89 Å². The van der Waals surface area contributed by atoms with Crippen LogP contribution in [0.5, 0.6) is 0 Å². The Bertz CT molecular complexity index is 863. The van der Waals surface area contributed by atoms with Crippen molar-refractivity contribution in [3.8, 4) is 0 Å². The molecule has 26 heavy (non-hydrogen) atoms. The largest absolute Gasteiger partial charge is 0.416 e. The Morgan fingerprint density at radius 1 is 1.42 bits per heavy atom. The molecule has 1 unspecified atom stereocenters. The zero-order chi connectivity index (χ0) is 19.7. The maximum absolute atomic E-state index is 13.3. The molecule has 1 aromatic carbocycles. The van der Waals surface area contributed by atoms with Gasteiger partial charge in [-0.05, 0) is 42.1 Å². The van der Waals surface area contributed by atoms with Gasteiger partial charge in [0, 0.05) is 6.66 Å². The molecule has 140 valence electrons. The summed E-state index contributed by atoms with van der Waals surface area (Å²) in [5.74, 6) is -1.83. The minimum absolute atomic E-state index is 0.0614. The first-order valence-corrected chi connectivity index (χ1v) is 9.94. The molecule has 0 radical (unpaired) electrons. The topological polar surface area (TPSA) is 66.8 Å². The van der Waals surface area contributed by atoms with E-state index < -0.39 is 36.0 Å².